The first-order chi connectivity index (χ1) is 7.71. The summed E-state index contributed by atoms with van der Waals surface area (Å²) < 4.78 is 0. The van der Waals surface area contributed by atoms with Crippen LogP contribution >= 0.6 is 0 Å². The normalized spacial score (nSPS) is 22.9. The standard InChI is InChI=1S/C8H17N.C7H15N/c1-8(2,3)9-6-4-5-7-9;1-7(2,3)8-5-4-6-8/h4-7H2,1-3H3;4-6H2,1-3H3. The number of nitrogens with zero attached hydrogens (tertiary/aromatic N) is 2. The SMILES string of the molecule is CC(C)(C)N1CCC1.CC(C)(C)N1CCCC1. The van der Waals surface area contributed by atoms with Gasteiger partial charge in [0, 0.05) is 11.1 Å². The van der Waals surface area contributed by atoms with Crippen molar-refractivity contribution in [3.05, 3.63) is 0 Å². The van der Waals surface area contributed by atoms with Gasteiger partial charge in [-0.25, -0.2) is 0 Å². The van der Waals surface area contributed by atoms with Crippen molar-refractivity contribution in [1.82, 2.24) is 9.80 Å². The molecular weight excluding hydrogens is 208 g/mol. The summed E-state index contributed by atoms with van der Waals surface area (Å²) in [6.45, 7) is 18.9. The van der Waals surface area contributed by atoms with Gasteiger partial charge in [-0.3, -0.25) is 9.80 Å². The summed E-state index contributed by atoms with van der Waals surface area (Å²) in [6.07, 6.45) is 4.20. The molecule has 0 aromatic rings. The second-order valence-electron chi connectivity index (χ2n) is 7.38. The molecule has 2 nitrogen and oxygen atoms in total. The van der Waals surface area contributed by atoms with Crippen LogP contribution in [0.15, 0.2) is 0 Å². The quantitative estimate of drug-likeness (QED) is 0.640. The van der Waals surface area contributed by atoms with Crippen LogP contribution in [-0.2, 0) is 0 Å². The van der Waals surface area contributed by atoms with Gasteiger partial charge in [0.1, 0.15) is 0 Å². The van der Waals surface area contributed by atoms with Crippen molar-refractivity contribution < 1.29 is 0 Å². The van der Waals surface area contributed by atoms with Gasteiger partial charge in [-0.05, 0) is 87.0 Å². The maximum atomic E-state index is 2.55. The fraction of sp³-hybridized carbons (Fsp3) is 1.00. The van der Waals surface area contributed by atoms with E-state index in [1.165, 1.54) is 45.4 Å². The Labute approximate surface area is 108 Å². The third-order valence-electron chi connectivity index (χ3n) is 3.86. The van der Waals surface area contributed by atoms with Gasteiger partial charge in [-0.2, -0.15) is 0 Å². The maximum Gasteiger partial charge on any atom is 0.0125 e. The number of rotatable bonds is 0. The van der Waals surface area contributed by atoms with Gasteiger partial charge < -0.3 is 0 Å². The highest BCUT2D eigenvalue weighted by atomic mass is 15.2. The van der Waals surface area contributed by atoms with Crippen LogP contribution in [0.1, 0.15) is 60.8 Å². The molecule has 17 heavy (non-hydrogen) atoms. The molecule has 0 spiro atoms. The van der Waals surface area contributed by atoms with Crippen molar-refractivity contribution in [1.29, 1.82) is 0 Å². The molecule has 2 fully saturated rings. The van der Waals surface area contributed by atoms with Crippen molar-refractivity contribution >= 4 is 0 Å². The topological polar surface area (TPSA) is 6.48 Å². The van der Waals surface area contributed by atoms with E-state index in [4.69, 9.17) is 0 Å². The van der Waals surface area contributed by atoms with E-state index < -0.39 is 0 Å². The van der Waals surface area contributed by atoms with E-state index in [1.807, 2.05) is 0 Å². The van der Waals surface area contributed by atoms with Gasteiger partial charge >= 0.3 is 0 Å². The molecule has 0 amide bonds. The van der Waals surface area contributed by atoms with Crippen molar-refractivity contribution in [3.63, 3.8) is 0 Å². The Kier molecular flexibility index (Phi) is 5.03. The fourth-order valence-electron chi connectivity index (χ4n) is 2.37. The molecule has 0 atom stereocenters. The van der Waals surface area contributed by atoms with Gasteiger partial charge in [0.05, 0.1) is 0 Å². The zero-order chi connectivity index (χ0) is 13.1. The molecule has 2 aliphatic rings. The second kappa shape index (κ2) is 5.71. The van der Waals surface area contributed by atoms with Crippen LogP contribution in [0.5, 0.6) is 0 Å². The Hall–Kier alpha value is -0.0800. The van der Waals surface area contributed by atoms with Crippen LogP contribution in [0, 0.1) is 0 Å². The van der Waals surface area contributed by atoms with Gasteiger partial charge in [-0.15, -0.1) is 0 Å². The summed E-state index contributed by atoms with van der Waals surface area (Å²) in [5.74, 6) is 0. The predicted molar refractivity (Wildman–Crippen MR) is 76.5 cm³/mol. The lowest BCUT2D eigenvalue weighted by Crippen LogP contribution is -2.49. The van der Waals surface area contributed by atoms with E-state index in [-0.39, 0.29) is 0 Å². The zero-order valence-corrected chi connectivity index (χ0v) is 12.8. The van der Waals surface area contributed by atoms with Crippen molar-refractivity contribution in [2.24, 2.45) is 0 Å². The average molecular weight is 240 g/mol. The summed E-state index contributed by atoms with van der Waals surface area (Å²) in [5.41, 5.74) is 0.842. The average Bonchev–Trinajstić information content (AvgIpc) is 2.46. The van der Waals surface area contributed by atoms with E-state index in [0.717, 1.165) is 0 Å². The van der Waals surface area contributed by atoms with E-state index in [0.29, 0.717) is 11.1 Å². The molecule has 2 aliphatic heterocycles. The monoisotopic (exact) mass is 240 g/mol. The summed E-state index contributed by atoms with van der Waals surface area (Å²) in [4.78, 5) is 5.04. The first-order valence-electron chi connectivity index (χ1n) is 7.21. The lowest BCUT2D eigenvalue weighted by Gasteiger charge is -2.42. The lowest BCUT2D eigenvalue weighted by molar-refractivity contribution is 0.0690. The highest BCUT2D eigenvalue weighted by molar-refractivity contribution is 4.82. The number of hydrogen-bond acceptors (Lipinski definition) is 2. The smallest absolute Gasteiger partial charge is 0.0125 e. The van der Waals surface area contributed by atoms with Crippen LogP contribution in [0.2, 0.25) is 0 Å². The van der Waals surface area contributed by atoms with Gasteiger partial charge in [0.15, 0.2) is 0 Å². The second-order valence-corrected chi connectivity index (χ2v) is 7.38. The molecule has 0 aliphatic carbocycles. The van der Waals surface area contributed by atoms with Crippen molar-refractivity contribution in [2.75, 3.05) is 26.2 Å². The molecule has 2 saturated heterocycles. The Morgan fingerprint density at radius 3 is 0.941 bits per heavy atom. The molecule has 0 unspecified atom stereocenters. The van der Waals surface area contributed by atoms with Gasteiger partial charge in [0.25, 0.3) is 0 Å². The summed E-state index contributed by atoms with van der Waals surface area (Å²) in [6, 6.07) is 0. The zero-order valence-electron chi connectivity index (χ0n) is 12.8. The molecule has 0 saturated carbocycles. The predicted octanol–water partition coefficient (Wildman–Crippen LogP) is 3.37. The molecule has 0 aromatic carbocycles. The third-order valence-corrected chi connectivity index (χ3v) is 3.86. The molecule has 0 aromatic heterocycles. The number of likely N-dealkylation sites (tertiary alicyclic amines) is 2. The van der Waals surface area contributed by atoms with E-state index >= 15 is 0 Å². The highest BCUT2D eigenvalue weighted by Crippen LogP contribution is 2.20. The molecule has 102 valence electrons. The van der Waals surface area contributed by atoms with Crippen LogP contribution < -0.4 is 0 Å². The summed E-state index contributed by atoms with van der Waals surface area (Å²) in [5, 5.41) is 0. The van der Waals surface area contributed by atoms with Gasteiger partial charge in [-0.1, -0.05) is 0 Å². The van der Waals surface area contributed by atoms with Crippen LogP contribution in [0.25, 0.3) is 0 Å². The highest BCUT2D eigenvalue weighted by Gasteiger charge is 2.25. The maximum absolute atomic E-state index is 2.55. The van der Waals surface area contributed by atoms with Crippen molar-refractivity contribution in [2.45, 2.75) is 71.9 Å². The van der Waals surface area contributed by atoms with E-state index in [1.54, 1.807) is 0 Å². The molecule has 0 radical (unpaired) electrons. The molecule has 0 bridgehead atoms. The fourth-order valence-corrected chi connectivity index (χ4v) is 2.37. The Balaban J connectivity index is 0.000000171. The third kappa shape index (κ3) is 4.97. The van der Waals surface area contributed by atoms with Gasteiger partial charge in [0.2, 0.25) is 0 Å². The largest absolute Gasteiger partial charge is 0.298 e. The lowest BCUT2D eigenvalue weighted by atomic mass is 10.0. The molecule has 2 rings (SSSR count). The molecular formula is C15H32N2. The molecule has 2 heteroatoms. The minimum Gasteiger partial charge on any atom is -0.298 e. The van der Waals surface area contributed by atoms with E-state index in [9.17, 15) is 0 Å². The van der Waals surface area contributed by atoms with Crippen LogP contribution in [0.3, 0.4) is 0 Å². The number of hydrogen-bond donors (Lipinski definition) is 0. The van der Waals surface area contributed by atoms with E-state index in [2.05, 4.69) is 51.3 Å². The summed E-state index contributed by atoms with van der Waals surface area (Å²) >= 11 is 0. The minimum atomic E-state index is 0.413. The molecule has 2 heterocycles. The first-order valence-corrected chi connectivity index (χ1v) is 7.21. The minimum absolute atomic E-state index is 0.413. The van der Waals surface area contributed by atoms with Crippen molar-refractivity contribution in [3.8, 4) is 0 Å². The Bertz CT molecular complexity index is 212. The first kappa shape index (κ1) is 15.0. The van der Waals surface area contributed by atoms with Crippen LogP contribution in [0.4, 0.5) is 0 Å². The molecule has 0 N–H and O–H groups in total. The van der Waals surface area contributed by atoms with Crippen LogP contribution in [-0.4, -0.2) is 47.1 Å². The Morgan fingerprint density at radius 2 is 0.824 bits per heavy atom. The Morgan fingerprint density at radius 1 is 0.529 bits per heavy atom. The summed E-state index contributed by atoms with van der Waals surface area (Å²) in [7, 11) is 0.